The van der Waals surface area contributed by atoms with Gasteiger partial charge in [0.15, 0.2) is 0 Å². The van der Waals surface area contributed by atoms with E-state index in [0.29, 0.717) is 11.5 Å². The first kappa shape index (κ1) is 20.0. The molecule has 0 saturated carbocycles. The van der Waals surface area contributed by atoms with Crippen LogP contribution in [0.1, 0.15) is 10.4 Å². The second kappa shape index (κ2) is 7.88. The molecule has 0 unspecified atom stereocenters. The second-order valence-electron chi connectivity index (χ2n) is 6.72. The molecule has 1 aliphatic heterocycles. The van der Waals surface area contributed by atoms with Crippen LogP contribution in [-0.2, 0) is 10.0 Å². The molecule has 0 atom stereocenters. The number of hydrogen-bond acceptors (Lipinski definition) is 5. The summed E-state index contributed by atoms with van der Waals surface area (Å²) in [6, 6.07) is 11.5. The first-order chi connectivity index (χ1) is 14.4. The number of furan rings is 1. The number of amides is 1. The summed E-state index contributed by atoms with van der Waals surface area (Å²) in [6.45, 7) is 0.188. The highest BCUT2D eigenvalue weighted by Crippen LogP contribution is 2.21. The predicted molar refractivity (Wildman–Crippen MR) is 106 cm³/mol. The molecule has 1 saturated heterocycles. The number of benzene rings is 1. The molecule has 156 valence electrons. The fourth-order valence-corrected chi connectivity index (χ4v) is 4.80. The van der Waals surface area contributed by atoms with Gasteiger partial charge in [0.25, 0.3) is 11.5 Å². The van der Waals surface area contributed by atoms with E-state index in [4.69, 9.17) is 4.42 Å². The maximum absolute atomic E-state index is 13.9. The first-order valence-corrected chi connectivity index (χ1v) is 10.6. The van der Waals surface area contributed by atoms with Gasteiger partial charge in [-0.15, -0.1) is 0 Å². The summed E-state index contributed by atoms with van der Waals surface area (Å²) in [5.41, 5.74) is -0.159. The monoisotopic (exact) mass is 431 g/mol. The third-order valence-electron chi connectivity index (χ3n) is 4.91. The third kappa shape index (κ3) is 3.66. The van der Waals surface area contributed by atoms with Gasteiger partial charge in [-0.25, -0.2) is 12.8 Å². The number of carbonyl (C=O) groups is 1. The van der Waals surface area contributed by atoms with Crippen LogP contribution in [0, 0.1) is 5.82 Å². The lowest BCUT2D eigenvalue weighted by atomic mass is 10.2. The molecule has 1 amide bonds. The van der Waals surface area contributed by atoms with Crippen molar-refractivity contribution < 1.29 is 22.0 Å². The highest BCUT2D eigenvalue weighted by molar-refractivity contribution is 7.89. The van der Waals surface area contributed by atoms with Crippen LogP contribution in [0.2, 0.25) is 0 Å². The van der Waals surface area contributed by atoms with E-state index in [1.807, 2.05) is 0 Å². The Morgan fingerprint density at radius 2 is 1.73 bits per heavy atom. The molecule has 0 radical (unpaired) electrons. The van der Waals surface area contributed by atoms with Gasteiger partial charge in [-0.2, -0.15) is 4.31 Å². The van der Waals surface area contributed by atoms with E-state index in [1.165, 1.54) is 35.4 Å². The number of pyridine rings is 1. The molecule has 3 heterocycles. The normalized spacial score (nSPS) is 15.3. The molecule has 1 fully saturated rings. The minimum atomic E-state index is -4.00. The van der Waals surface area contributed by atoms with E-state index in [2.05, 4.69) is 4.98 Å². The third-order valence-corrected chi connectivity index (χ3v) is 6.84. The molecule has 2 aromatic heterocycles. The van der Waals surface area contributed by atoms with Crippen LogP contribution < -0.4 is 5.56 Å². The second-order valence-corrected chi connectivity index (χ2v) is 8.63. The van der Waals surface area contributed by atoms with Crippen molar-refractivity contribution in [1.29, 1.82) is 0 Å². The average Bonchev–Trinajstić information content (AvgIpc) is 3.28. The molecule has 1 N–H and O–H groups in total. The zero-order valence-electron chi connectivity index (χ0n) is 15.7. The number of hydrogen-bond donors (Lipinski definition) is 1. The summed E-state index contributed by atoms with van der Waals surface area (Å²) in [5, 5.41) is 0. The van der Waals surface area contributed by atoms with Gasteiger partial charge in [-0.1, -0.05) is 12.1 Å². The van der Waals surface area contributed by atoms with Crippen molar-refractivity contribution in [1.82, 2.24) is 14.2 Å². The Labute approximate surface area is 171 Å². The van der Waals surface area contributed by atoms with Gasteiger partial charge in [0.1, 0.15) is 22.0 Å². The van der Waals surface area contributed by atoms with E-state index < -0.39 is 32.2 Å². The number of H-pyrrole nitrogens is 1. The van der Waals surface area contributed by atoms with Crippen molar-refractivity contribution in [3.63, 3.8) is 0 Å². The van der Waals surface area contributed by atoms with E-state index in [9.17, 15) is 22.4 Å². The Kier molecular flexibility index (Phi) is 5.27. The van der Waals surface area contributed by atoms with Crippen molar-refractivity contribution in [2.75, 3.05) is 26.2 Å². The lowest BCUT2D eigenvalue weighted by Gasteiger charge is -2.34. The van der Waals surface area contributed by atoms with Crippen LogP contribution in [0.25, 0.3) is 11.5 Å². The summed E-state index contributed by atoms with van der Waals surface area (Å²) in [6.07, 6.45) is 1.47. The summed E-state index contributed by atoms with van der Waals surface area (Å²) < 4.78 is 45.6. The first-order valence-electron chi connectivity index (χ1n) is 9.19. The maximum Gasteiger partial charge on any atom is 0.261 e. The zero-order valence-corrected chi connectivity index (χ0v) is 16.6. The average molecular weight is 431 g/mol. The molecule has 4 rings (SSSR count). The fourth-order valence-electron chi connectivity index (χ4n) is 3.31. The molecule has 1 aliphatic rings. The Hall–Kier alpha value is -3.24. The van der Waals surface area contributed by atoms with Crippen molar-refractivity contribution in [3.05, 3.63) is 76.5 Å². The lowest BCUT2D eigenvalue weighted by molar-refractivity contribution is 0.0696. The van der Waals surface area contributed by atoms with Gasteiger partial charge in [0, 0.05) is 26.2 Å². The van der Waals surface area contributed by atoms with Crippen LogP contribution in [0.15, 0.2) is 68.9 Å². The molecule has 0 bridgehead atoms. The van der Waals surface area contributed by atoms with Crippen LogP contribution in [-0.4, -0.2) is 54.7 Å². The largest absolute Gasteiger partial charge is 0.463 e. The number of carbonyl (C=O) groups excluding carboxylic acids is 1. The number of aromatic nitrogens is 1. The zero-order chi connectivity index (χ0) is 21.3. The van der Waals surface area contributed by atoms with Gasteiger partial charge in [-0.05, 0) is 36.4 Å². The van der Waals surface area contributed by atoms with E-state index in [0.717, 1.165) is 10.4 Å². The number of halogens is 1. The van der Waals surface area contributed by atoms with Crippen LogP contribution >= 0.6 is 0 Å². The number of aromatic amines is 1. The molecule has 8 nitrogen and oxygen atoms in total. The SMILES string of the molecule is O=C(c1ccc(-c2ccco2)[nH]c1=O)N1CCN(S(=O)(=O)c2ccccc2F)CC1. The Balaban J connectivity index is 1.47. The van der Waals surface area contributed by atoms with Crippen molar-refractivity contribution in [2.45, 2.75) is 4.90 Å². The van der Waals surface area contributed by atoms with Gasteiger partial charge in [0.05, 0.1) is 12.0 Å². The topological polar surface area (TPSA) is 104 Å². The number of piperazine rings is 1. The molecule has 10 heteroatoms. The van der Waals surface area contributed by atoms with Crippen LogP contribution in [0.5, 0.6) is 0 Å². The lowest BCUT2D eigenvalue weighted by Crippen LogP contribution is -2.51. The summed E-state index contributed by atoms with van der Waals surface area (Å²) >= 11 is 0. The van der Waals surface area contributed by atoms with Gasteiger partial charge in [0.2, 0.25) is 10.0 Å². The highest BCUT2D eigenvalue weighted by atomic mass is 32.2. The minimum absolute atomic E-state index is 0.00475. The standard InChI is InChI=1S/C20H18FN3O5S/c21-15-4-1-2-6-18(15)30(27,28)24-11-9-23(10-12-24)20(26)14-7-8-16(22-19(14)25)17-5-3-13-29-17/h1-8,13H,9-12H2,(H,22,25). The number of sulfonamides is 1. The van der Waals surface area contributed by atoms with Crippen molar-refractivity contribution in [3.8, 4) is 11.5 Å². The number of rotatable bonds is 4. The smallest absolute Gasteiger partial charge is 0.261 e. The number of nitrogens with zero attached hydrogens (tertiary/aromatic N) is 2. The van der Waals surface area contributed by atoms with E-state index >= 15 is 0 Å². The molecule has 1 aromatic carbocycles. The molecule has 3 aromatic rings. The minimum Gasteiger partial charge on any atom is -0.463 e. The molecular weight excluding hydrogens is 413 g/mol. The van der Waals surface area contributed by atoms with Crippen LogP contribution in [0.4, 0.5) is 4.39 Å². The van der Waals surface area contributed by atoms with Gasteiger partial charge in [-0.3, -0.25) is 9.59 Å². The maximum atomic E-state index is 13.9. The Morgan fingerprint density at radius 1 is 1.00 bits per heavy atom. The number of nitrogens with one attached hydrogen (secondary N) is 1. The van der Waals surface area contributed by atoms with Crippen molar-refractivity contribution >= 4 is 15.9 Å². The molecule has 0 aliphatic carbocycles. The summed E-state index contributed by atoms with van der Waals surface area (Å²) in [7, 11) is -4.00. The molecule has 0 spiro atoms. The summed E-state index contributed by atoms with van der Waals surface area (Å²) in [5.74, 6) is -0.845. The summed E-state index contributed by atoms with van der Waals surface area (Å²) in [4.78, 5) is 28.8. The highest BCUT2D eigenvalue weighted by Gasteiger charge is 2.32. The molecular formula is C20H18FN3O5S. The predicted octanol–water partition coefficient (Wildman–Crippen LogP) is 1.92. The Bertz CT molecular complexity index is 1230. The Morgan fingerprint density at radius 3 is 2.37 bits per heavy atom. The van der Waals surface area contributed by atoms with E-state index in [1.54, 1.807) is 18.2 Å². The quantitative estimate of drug-likeness (QED) is 0.680. The van der Waals surface area contributed by atoms with Gasteiger partial charge < -0.3 is 14.3 Å². The van der Waals surface area contributed by atoms with Crippen LogP contribution in [0.3, 0.4) is 0 Å². The molecule has 30 heavy (non-hydrogen) atoms. The van der Waals surface area contributed by atoms with Crippen molar-refractivity contribution in [2.24, 2.45) is 0 Å². The van der Waals surface area contributed by atoms with E-state index in [-0.39, 0.29) is 31.7 Å². The fraction of sp³-hybridized carbons (Fsp3) is 0.200. The van der Waals surface area contributed by atoms with Gasteiger partial charge >= 0.3 is 0 Å².